The van der Waals surface area contributed by atoms with Crippen molar-refractivity contribution in [3.8, 4) is 5.75 Å². The average Bonchev–Trinajstić information content (AvgIpc) is 3.18. The topological polar surface area (TPSA) is 104 Å². The molecule has 2 aliphatic heterocycles. The third kappa shape index (κ3) is 5.46. The van der Waals surface area contributed by atoms with Crippen molar-refractivity contribution in [2.45, 2.75) is 58.1 Å². The first-order valence-corrected chi connectivity index (χ1v) is 12.0. The maximum Gasteiger partial charge on any atom is 0.410 e. The van der Waals surface area contributed by atoms with Gasteiger partial charge in [0.25, 0.3) is 0 Å². The molecule has 0 radical (unpaired) electrons. The molecule has 1 spiro atoms. The zero-order chi connectivity index (χ0) is 23.8. The number of pyridine rings is 1. The van der Waals surface area contributed by atoms with E-state index < -0.39 is 11.6 Å². The highest BCUT2D eigenvalue weighted by molar-refractivity contribution is 6.31. The largest absolute Gasteiger partial charge is 0.489 e. The molecule has 2 N–H and O–H groups in total. The Morgan fingerprint density at radius 2 is 2.06 bits per heavy atom. The van der Waals surface area contributed by atoms with Gasteiger partial charge in [-0.15, -0.1) is 0 Å². The predicted octanol–water partition coefficient (Wildman–Crippen LogP) is 3.40. The number of rotatable bonds is 5. The Bertz CT molecular complexity index is 915. The Labute approximate surface area is 199 Å². The summed E-state index contributed by atoms with van der Waals surface area (Å²) in [6.07, 6.45) is 4.32. The maximum absolute atomic E-state index is 12.4. The Kier molecular flexibility index (Phi) is 6.64. The SMILES string of the molecule is CC(C)(C)OC(=O)N1CCNC(COc2cc(C(=O)O)c(N3CCC4(CCC4)C3)nc2Cl)C1. The van der Waals surface area contributed by atoms with Crippen LogP contribution in [-0.2, 0) is 4.74 Å². The first-order chi connectivity index (χ1) is 15.6. The van der Waals surface area contributed by atoms with Crippen LogP contribution in [0, 0.1) is 5.41 Å². The smallest absolute Gasteiger partial charge is 0.410 e. The Hall–Kier alpha value is -2.26. The van der Waals surface area contributed by atoms with E-state index in [9.17, 15) is 14.7 Å². The van der Waals surface area contributed by atoms with Gasteiger partial charge in [0, 0.05) is 38.8 Å². The lowest BCUT2D eigenvalue weighted by atomic mass is 9.68. The van der Waals surface area contributed by atoms with Gasteiger partial charge in [-0.25, -0.2) is 14.6 Å². The monoisotopic (exact) mass is 480 g/mol. The van der Waals surface area contributed by atoms with Crippen LogP contribution in [0.4, 0.5) is 10.6 Å². The quantitative estimate of drug-likeness (QED) is 0.618. The lowest BCUT2D eigenvalue weighted by Gasteiger charge is -2.38. The van der Waals surface area contributed by atoms with Crippen molar-refractivity contribution in [2.24, 2.45) is 5.41 Å². The maximum atomic E-state index is 12.4. The number of anilines is 1. The molecular formula is C23H33ClN4O5. The molecule has 3 fully saturated rings. The van der Waals surface area contributed by atoms with Crippen molar-refractivity contribution in [1.29, 1.82) is 0 Å². The Balaban J connectivity index is 1.41. The minimum Gasteiger partial charge on any atom is -0.489 e. The minimum absolute atomic E-state index is 0.0951. The van der Waals surface area contributed by atoms with Gasteiger partial charge >= 0.3 is 12.1 Å². The number of amides is 1. The fourth-order valence-corrected chi connectivity index (χ4v) is 4.97. The normalized spacial score (nSPS) is 22.2. The number of nitrogens with zero attached hydrogens (tertiary/aromatic N) is 3. The number of aromatic nitrogens is 1. The van der Waals surface area contributed by atoms with Gasteiger partial charge in [-0.1, -0.05) is 18.0 Å². The Morgan fingerprint density at radius 1 is 1.30 bits per heavy atom. The summed E-state index contributed by atoms with van der Waals surface area (Å²) in [5.41, 5.74) is -0.153. The standard InChI is InChI=1S/C23H33ClN4O5/c1-22(2,3)33-21(31)27-10-8-25-15(12-27)13-32-17-11-16(20(29)30)19(26-18(17)24)28-9-7-23(14-28)5-4-6-23/h11,15,25H,4-10,12-14H2,1-3H3,(H,29,30). The van der Waals surface area contributed by atoms with Crippen molar-refractivity contribution < 1.29 is 24.2 Å². The van der Waals surface area contributed by atoms with Crippen molar-refractivity contribution in [3.05, 3.63) is 16.8 Å². The first kappa shape index (κ1) is 23.9. The average molecular weight is 481 g/mol. The first-order valence-electron chi connectivity index (χ1n) is 11.6. The molecule has 1 atom stereocenters. The number of nitrogens with one attached hydrogen (secondary N) is 1. The number of hydrogen-bond donors (Lipinski definition) is 2. The second-order valence-corrected chi connectivity index (χ2v) is 10.7. The molecule has 1 aliphatic carbocycles. The van der Waals surface area contributed by atoms with Crippen LogP contribution < -0.4 is 15.0 Å². The molecule has 9 nitrogen and oxygen atoms in total. The summed E-state index contributed by atoms with van der Waals surface area (Å²) in [4.78, 5) is 32.5. The number of piperazine rings is 1. The molecule has 3 heterocycles. The van der Waals surface area contributed by atoms with E-state index in [0.29, 0.717) is 30.9 Å². The number of hydrogen-bond acceptors (Lipinski definition) is 7. The van der Waals surface area contributed by atoms with Gasteiger partial charge in [0.1, 0.15) is 23.6 Å². The van der Waals surface area contributed by atoms with Crippen LogP contribution in [0.3, 0.4) is 0 Å². The van der Waals surface area contributed by atoms with E-state index in [1.54, 1.807) is 4.90 Å². The van der Waals surface area contributed by atoms with E-state index >= 15 is 0 Å². The molecule has 2 saturated heterocycles. The molecule has 0 bridgehead atoms. The van der Waals surface area contributed by atoms with Gasteiger partial charge in [-0.3, -0.25) is 0 Å². The van der Waals surface area contributed by atoms with E-state index in [-0.39, 0.29) is 35.2 Å². The van der Waals surface area contributed by atoms with E-state index in [0.717, 1.165) is 19.5 Å². The summed E-state index contributed by atoms with van der Waals surface area (Å²) < 4.78 is 11.3. The van der Waals surface area contributed by atoms with Gasteiger partial charge in [0.2, 0.25) is 0 Å². The van der Waals surface area contributed by atoms with Crippen LogP contribution in [0.15, 0.2) is 6.07 Å². The highest BCUT2D eigenvalue weighted by Crippen LogP contribution is 2.49. The van der Waals surface area contributed by atoms with Crippen LogP contribution in [0.5, 0.6) is 5.75 Å². The van der Waals surface area contributed by atoms with E-state index in [1.165, 1.54) is 25.3 Å². The molecule has 10 heteroatoms. The molecular weight excluding hydrogens is 448 g/mol. The fraction of sp³-hybridized carbons (Fsp3) is 0.696. The third-order valence-corrected chi connectivity index (χ3v) is 6.92. The van der Waals surface area contributed by atoms with E-state index in [2.05, 4.69) is 10.3 Å². The van der Waals surface area contributed by atoms with Crippen LogP contribution >= 0.6 is 11.6 Å². The van der Waals surface area contributed by atoms with Gasteiger partial charge in [-0.05, 0) is 45.4 Å². The van der Waals surface area contributed by atoms with Crippen molar-refractivity contribution >= 4 is 29.5 Å². The zero-order valence-corrected chi connectivity index (χ0v) is 20.3. The summed E-state index contributed by atoms with van der Waals surface area (Å²) >= 11 is 6.41. The third-order valence-electron chi connectivity index (χ3n) is 6.65. The Morgan fingerprint density at radius 3 is 2.67 bits per heavy atom. The molecule has 1 unspecified atom stereocenters. The summed E-state index contributed by atoms with van der Waals surface area (Å²) in [5.74, 6) is -0.414. The number of aromatic carboxylic acids is 1. The lowest BCUT2D eigenvalue weighted by Crippen LogP contribution is -2.55. The van der Waals surface area contributed by atoms with Crippen molar-refractivity contribution in [3.63, 3.8) is 0 Å². The van der Waals surface area contributed by atoms with Crippen molar-refractivity contribution in [2.75, 3.05) is 44.2 Å². The van der Waals surface area contributed by atoms with Gasteiger partial charge < -0.3 is 29.7 Å². The molecule has 1 aromatic heterocycles. The van der Waals surface area contributed by atoms with Crippen molar-refractivity contribution in [1.82, 2.24) is 15.2 Å². The highest BCUT2D eigenvalue weighted by atomic mass is 35.5. The number of carboxylic acid groups (broad SMARTS) is 1. The lowest BCUT2D eigenvalue weighted by molar-refractivity contribution is 0.0178. The number of carbonyl (C=O) groups is 2. The number of halogens is 1. The van der Waals surface area contributed by atoms with E-state index in [4.69, 9.17) is 21.1 Å². The second kappa shape index (κ2) is 9.18. The summed E-state index contributed by atoms with van der Waals surface area (Å²) in [6, 6.07) is 1.32. The molecule has 0 aromatic carbocycles. The summed E-state index contributed by atoms with van der Waals surface area (Å²) in [5, 5.41) is 13.3. The predicted molar refractivity (Wildman–Crippen MR) is 124 cm³/mol. The van der Waals surface area contributed by atoms with Crippen LogP contribution in [0.25, 0.3) is 0 Å². The summed E-state index contributed by atoms with van der Waals surface area (Å²) in [6.45, 7) is 8.89. The van der Waals surface area contributed by atoms with Crippen LogP contribution in [0.1, 0.15) is 56.8 Å². The summed E-state index contributed by atoms with van der Waals surface area (Å²) in [7, 11) is 0. The molecule has 1 amide bonds. The molecule has 1 aromatic rings. The van der Waals surface area contributed by atoms with Crippen LogP contribution in [-0.4, -0.2) is 78.0 Å². The van der Waals surface area contributed by atoms with E-state index in [1.807, 2.05) is 25.7 Å². The number of ether oxygens (including phenoxy) is 2. The zero-order valence-electron chi connectivity index (χ0n) is 19.5. The van der Waals surface area contributed by atoms with Crippen LogP contribution in [0.2, 0.25) is 5.15 Å². The molecule has 4 rings (SSSR count). The van der Waals surface area contributed by atoms with Gasteiger partial charge in [0.15, 0.2) is 10.9 Å². The fourth-order valence-electron chi connectivity index (χ4n) is 4.78. The van der Waals surface area contributed by atoms with Gasteiger partial charge in [-0.2, -0.15) is 0 Å². The molecule has 182 valence electrons. The van der Waals surface area contributed by atoms with Gasteiger partial charge in [0.05, 0.1) is 6.04 Å². The molecule has 3 aliphatic rings. The molecule has 1 saturated carbocycles. The number of carboxylic acids is 1. The highest BCUT2D eigenvalue weighted by Gasteiger charge is 2.44. The minimum atomic E-state index is -1.06. The molecule has 33 heavy (non-hydrogen) atoms. The number of carbonyl (C=O) groups excluding carboxylic acids is 1. The second-order valence-electron chi connectivity index (χ2n) is 10.4.